The lowest BCUT2D eigenvalue weighted by atomic mass is 10.2. The molecule has 2 aromatic heterocycles. The first-order valence-electron chi connectivity index (χ1n) is 6.05. The Kier molecular flexibility index (Phi) is 2.82. The summed E-state index contributed by atoms with van der Waals surface area (Å²) in [7, 11) is 0. The molecule has 0 saturated heterocycles. The first-order chi connectivity index (χ1) is 8.88. The van der Waals surface area contributed by atoms with Crippen LogP contribution < -0.4 is 5.73 Å². The largest absolute Gasteiger partial charge is 0.341 e. The first kappa shape index (κ1) is 11.0. The van der Waals surface area contributed by atoms with Gasteiger partial charge in [-0.25, -0.2) is 0 Å². The second-order valence-electron chi connectivity index (χ2n) is 4.32. The van der Waals surface area contributed by atoms with Crippen molar-refractivity contribution in [3.63, 3.8) is 0 Å². The highest BCUT2D eigenvalue weighted by Gasteiger charge is 2.07. The highest BCUT2D eigenvalue weighted by molar-refractivity contribution is 5.84. The molecule has 2 N–H and O–H groups in total. The molecule has 0 unspecified atom stereocenters. The van der Waals surface area contributed by atoms with Crippen molar-refractivity contribution in [2.45, 2.75) is 13.1 Å². The zero-order valence-electron chi connectivity index (χ0n) is 10.1. The molecule has 2 heterocycles. The summed E-state index contributed by atoms with van der Waals surface area (Å²) >= 11 is 0. The molecule has 18 heavy (non-hydrogen) atoms. The molecule has 3 heteroatoms. The Morgan fingerprint density at radius 3 is 2.67 bits per heavy atom. The molecule has 90 valence electrons. The number of nitrogens with two attached hydrogens (primary N) is 1. The number of pyridine rings is 1. The number of nitrogens with zero attached hydrogens (tertiary/aromatic N) is 2. The predicted octanol–water partition coefficient (Wildman–Crippen LogP) is 2.54. The molecule has 0 radical (unpaired) electrons. The van der Waals surface area contributed by atoms with Crippen molar-refractivity contribution in [3.8, 4) is 0 Å². The monoisotopic (exact) mass is 237 g/mol. The van der Waals surface area contributed by atoms with Crippen molar-refractivity contribution in [2.24, 2.45) is 5.73 Å². The summed E-state index contributed by atoms with van der Waals surface area (Å²) in [6.45, 7) is 1.34. The van der Waals surface area contributed by atoms with Crippen LogP contribution in [0.1, 0.15) is 11.3 Å². The Morgan fingerprint density at radius 1 is 1.06 bits per heavy atom. The van der Waals surface area contributed by atoms with E-state index >= 15 is 0 Å². The van der Waals surface area contributed by atoms with E-state index in [1.807, 2.05) is 30.5 Å². The smallest absolute Gasteiger partial charge is 0.0648 e. The number of aromatic nitrogens is 2. The summed E-state index contributed by atoms with van der Waals surface area (Å²) in [5, 5.41) is 1.23. The molecule has 0 amide bonds. The van der Waals surface area contributed by atoms with Gasteiger partial charge < -0.3 is 10.3 Å². The minimum atomic E-state index is 0.565. The molecule has 0 aliphatic rings. The number of fused-ring (bicyclic) bond motifs is 1. The van der Waals surface area contributed by atoms with Gasteiger partial charge in [-0.3, -0.25) is 4.98 Å². The molecule has 3 nitrogen and oxygen atoms in total. The molecule has 1 aromatic carbocycles. The van der Waals surface area contributed by atoms with Crippen LogP contribution in [0.5, 0.6) is 0 Å². The van der Waals surface area contributed by atoms with E-state index in [0.29, 0.717) is 6.54 Å². The van der Waals surface area contributed by atoms with Crippen LogP contribution >= 0.6 is 0 Å². The van der Waals surface area contributed by atoms with Crippen LogP contribution in [0.3, 0.4) is 0 Å². The van der Waals surface area contributed by atoms with E-state index in [1.165, 1.54) is 16.5 Å². The molecular formula is C15H15N3. The number of hydrogen-bond donors (Lipinski definition) is 1. The minimum absolute atomic E-state index is 0.565. The molecule has 0 fully saturated rings. The summed E-state index contributed by atoms with van der Waals surface area (Å²) < 4.78 is 2.21. The van der Waals surface area contributed by atoms with Gasteiger partial charge in [-0.1, -0.05) is 24.3 Å². The summed E-state index contributed by atoms with van der Waals surface area (Å²) in [5.74, 6) is 0. The van der Waals surface area contributed by atoms with E-state index in [2.05, 4.69) is 33.9 Å². The van der Waals surface area contributed by atoms with Crippen LogP contribution in [-0.4, -0.2) is 9.55 Å². The van der Waals surface area contributed by atoms with Gasteiger partial charge in [-0.2, -0.15) is 0 Å². The van der Waals surface area contributed by atoms with E-state index < -0.39 is 0 Å². The molecule has 0 spiro atoms. The number of benzene rings is 1. The highest BCUT2D eigenvalue weighted by Crippen LogP contribution is 2.21. The second-order valence-corrected chi connectivity index (χ2v) is 4.32. The maximum Gasteiger partial charge on any atom is 0.0648 e. The van der Waals surface area contributed by atoms with Crippen LogP contribution in [-0.2, 0) is 13.1 Å². The van der Waals surface area contributed by atoms with Gasteiger partial charge in [-0.05, 0) is 23.8 Å². The first-order valence-corrected chi connectivity index (χ1v) is 6.05. The Labute approximate surface area is 106 Å². The minimum Gasteiger partial charge on any atom is -0.341 e. The van der Waals surface area contributed by atoms with Crippen LogP contribution in [0.25, 0.3) is 10.9 Å². The third kappa shape index (κ3) is 1.89. The topological polar surface area (TPSA) is 43.8 Å². The molecule has 0 saturated carbocycles. The van der Waals surface area contributed by atoms with Crippen LogP contribution in [0.15, 0.2) is 54.9 Å². The zero-order chi connectivity index (χ0) is 12.4. The molecule has 0 bridgehead atoms. The SMILES string of the molecule is NCc1cn(Cc2ccccn2)c2ccccc12. The van der Waals surface area contributed by atoms with Crippen molar-refractivity contribution in [1.82, 2.24) is 9.55 Å². The second kappa shape index (κ2) is 4.63. The van der Waals surface area contributed by atoms with Gasteiger partial charge in [0.1, 0.15) is 0 Å². The summed E-state index contributed by atoms with van der Waals surface area (Å²) in [6, 6.07) is 14.3. The summed E-state index contributed by atoms with van der Waals surface area (Å²) in [5.41, 5.74) is 9.24. The fourth-order valence-electron chi connectivity index (χ4n) is 2.28. The van der Waals surface area contributed by atoms with E-state index in [4.69, 9.17) is 5.73 Å². The quantitative estimate of drug-likeness (QED) is 0.760. The van der Waals surface area contributed by atoms with Gasteiger partial charge in [0.25, 0.3) is 0 Å². The third-order valence-corrected chi connectivity index (χ3v) is 3.15. The maximum atomic E-state index is 5.79. The zero-order valence-corrected chi connectivity index (χ0v) is 10.1. The van der Waals surface area contributed by atoms with Crippen LogP contribution in [0, 0.1) is 0 Å². The lowest BCUT2D eigenvalue weighted by molar-refractivity contribution is 0.802. The average Bonchev–Trinajstić information content (AvgIpc) is 2.78. The predicted molar refractivity (Wildman–Crippen MR) is 73.2 cm³/mol. The van der Waals surface area contributed by atoms with Gasteiger partial charge in [0.15, 0.2) is 0 Å². The van der Waals surface area contributed by atoms with Gasteiger partial charge >= 0.3 is 0 Å². The summed E-state index contributed by atoms with van der Waals surface area (Å²) in [6.07, 6.45) is 3.95. The van der Waals surface area contributed by atoms with Gasteiger partial charge in [-0.15, -0.1) is 0 Å². The number of para-hydroxylation sites is 1. The Bertz CT molecular complexity index is 656. The highest BCUT2D eigenvalue weighted by atomic mass is 15.0. The normalized spacial score (nSPS) is 10.9. The number of hydrogen-bond acceptors (Lipinski definition) is 2. The third-order valence-electron chi connectivity index (χ3n) is 3.15. The molecule has 3 aromatic rings. The van der Waals surface area contributed by atoms with Crippen molar-refractivity contribution >= 4 is 10.9 Å². The summed E-state index contributed by atoms with van der Waals surface area (Å²) in [4.78, 5) is 4.36. The molecular weight excluding hydrogens is 222 g/mol. The van der Waals surface area contributed by atoms with Gasteiger partial charge in [0.2, 0.25) is 0 Å². The van der Waals surface area contributed by atoms with E-state index in [9.17, 15) is 0 Å². The fraction of sp³-hybridized carbons (Fsp3) is 0.133. The van der Waals surface area contributed by atoms with Crippen molar-refractivity contribution in [3.05, 3.63) is 66.1 Å². The molecule has 3 rings (SSSR count). The maximum absolute atomic E-state index is 5.79. The van der Waals surface area contributed by atoms with Crippen molar-refractivity contribution in [1.29, 1.82) is 0 Å². The van der Waals surface area contributed by atoms with Crippen molar-refractivity contribution in [2.75, 3.05) is 0 Å². The molecule has 0 aliphatic carbocycles. The van der Waals surface area contributed by atoms with E-state index in [0.717, 1.165) is 12.2 Å². The Balaban J connectivity index is 2.07. The lowest BCUT2D eigenvalue weighted by Crippen LogP contribution is -2.00. The average molecular weight is 237 g/mol. The van der Waals surface area contributed by atoms with Gasteiger partial charge in [0, 0.05) is 29.8 Å². The van der Waals surface area contributed by atoms with E-state index in [1.54, 1.807) is 0 Å². The molecule has 0 aliphatic heterocycles. The lowest BCUT2D eigenvalue weighted by Gasteiger charge is -2.04. The Morgan fingerprint density at radius 2 is 1.89 bits per heavy atom. The van der Waals surface area contributed by atoms with Crippen LogP contribution in [0.2, 0.25) is 0 Å². The fourth-order valence-corrected chi connectivity index (χ4v) is 2.28. The van der Waals surface area contributed by atoms with Crippen LogP contribution in [0.4, 0.5) is 0 Å². The Hall–Kier alpha value is -2.13. The van der Waals surface area contributed by atoms with Crippen molar-refractivity contribution < 1.29 is 0 Å². The number of rotatable bonds is 3. The van der Waals surface area contributed by atoms with E-state index in [-0.39, 0.29) is 0 Å². The molecule has 0 atom stereocenters. The van der Waals surface area contributed by atoms with Gasteiger partial charge in [0.05, 0.1) is 12.2 Å². The standard InChI is InChI=1S/C15H15N3/c16-9-12-10-18(11-13-5-3-4-8-17-13)15-7-2-1-6-14(12)15/h1-8,10H,9,11,16H2.